The standard InChI is InChI=1S/C23H17NO3/c25-21-18-11-5-4-10-17(18)14-23(27-21)19-12-6-7-13-20(19)24(22(23)26)15-16-8-2-1-3-9-16/h1-13H,14-15H2. The number of ether oxygens (including phenoxy) is 1. The predicted octanol–water partition coefficient (Wildman–Crippen LogP) is 3.84. The summed E-state index contributed by atoms with van der Waals surface area (Å²) in [4.78, 5) is 27.9. The van der Waals surface area contributed by atoms with Crippen molar-refractivity contribution in [2.75, 3.05) is 4.90 Å². The lowest BCUT2D eigenvalue weighted by Gasteiger charge is -2.33. The van der Waals surface area contributed by atoms with Gasteiger partial charge in [0, 0.05) is 12.0 Å². The molecule has 0 fully saturated rings. The van der Waals surface area contributed by atoms with Crippen molar-refractivity contribution in [1.82, 2.24) is 0 Å². The Morgan fingerprint density at radius 3 is 2.41 bits per heavy atom. The zero-order valence-corrected chi connectivity index (χ0v) is 14.6. The number of anilines is 1. The minimum absolute atomic E-state index is 0.185. The van der Waals surface area contributed by atoms with Gasteiger partial charge in [0.15, 0.2) is 0 Å². The predicted molar refractivity (Wildman–Crippen MR) is 101 cm³/mol. The molecular formula is C23H17NO3. The Bertz CT molecular complexity index is 1060. The number of hydrogen-bond acceptors (Lipinski definition) is 3. The van der Waals surface area contributed by atoms with Gasteiger partial charge in [0.1, 0.15) is 0 Å². The molecule has 4 heteroatoms. The van der Waals surface area contributed by atoms with Crippen molar-refractivity contribution in [2.45, 2.75) is 18.6 Å². The van der Waals surface area contributed by atoms with Crippen LogP contribution < -0.4 is 4.90 Å². The molecule has 0 bridgehead atoms. The molecule has 0 saturated heterocycles. The van der Waals surface area contributed by atoms with Gasteiger partial charge in [0.2, 0.25) is 5.60 Å². The highest BCUT2D eigenvalue weighted by atomic mass is 16.6. The third-order valence-corrected chi connectivity index (χ3v) is 5.35. The summed E-state index contributed by atoms with van der Waals surface area (Å²) in [5.41, 5.74) is 2.69. The van der Waals surface area contributed by atoms with E-state index in [1.165, 1.54) is 0 Å². The van der Waals surface area contributed by atoms with Crippen LogP contribution in [0.2, 0.25) is 0 Å². The highest BCUT2D eigenvalue weighted by Gasteiger charge is 2.56. The van der Waals surface area contributed by atoms with E-state index in [9.17, 15) is 9.59 Å². The molecule has 132 valence electrons. The molecule has 1 spiro atoms. The first-order valence-electron chi connectivity index (χ1n) is 8.96. The number of carbonyl (C=O) groups excluding carboxylic acids is 2. The van der Waals surface area contributed by atoms with Crippen LogP contribution in [0, 0.1) is 0 Å². The Morgan fingerprint density at radius 2 is 1.56 bits per heavy atom. The average molecular weight is 355 g/mol. The quantitative estimate of drug-likeness (QED) is 0.656. The molecule has 2 aliphatic heterocycles. The molecular weight excluding hydrogens is 338 g/mol. The maximum Gasteiger partial charge on any atom is 0.339 e. The zero-order valence-electron chi connectivity index (χ0n) is 14.6. The lowest BCUT2D eigenvalue weighted by molar-refractivity contribution is -0.138. The first-order valence-corrected chi connectivity index (χ1v) is 8.96. The molecule has 1 amide bonds. The minimum Gasteiger partial charge on any atom is -0.440 e. The Labute approximate surface area is 157 Å². The van der Waals surface area contributed by atoms with Gasteiger partial charge in [0.25, 0.3) is 5.91 Å². The number of rotatable bonds is 2. The van der Waals surface area contributed by atoms with Crippen LogP contribution >= 0.6 is 0 Å². The lowest BCUT2D eigenvalue weighted by atomic mass is 9.84. The van der Waals surface area contributed by atoms with Crippen LogP contribution in [-0.2, 0) is 28.1 Å². The van der Waals surface area contributed by atoms with Gasteiger partial charge in [-0.25, -0.2) is 4.79 Å². The molecule has 27 heavy (non-hydrogen) atoms. The van der Waals surface area contributed by atoms with Gasteiger partial charge in [-0.2, -0.15) is 0 Å². The second kappa shape index (κ2) is 5.81. The molecule has 0 N–H and O–H groups in total. The molecule has 0 saturated carbocycles. The minimum atomic E-state index is -1.28. The molecule has 0 radical (unpaired) electrons. The van der Waals surface area contributed by atoms with Crippen LogP contribution in [0.4, 0.5) is 5.69 Å². The fourth-order valence-corrected chi connectivity index (χ4v) is 4.08. The van der Waals surface area contributed by atoms with Crippen LogP contribution in [0.3, 0.4) is 0 Å². The Hall–Kier alpha value is -3.40. The van der Waals surface area contributed by atoms with E-state index in [-0.39, 0.29) is 5.91 Å². The fraction of sp³-hybridized carbons (Fsp3) is 0.130. The van der Waals surface area contributed by atoms with Crippen LogP contribution in [-0.4, -0.2) is 11.9 Å². The summed E-state index contributed by atoms with van der Waals surface area (Å²) in [7, 11) is 0. The van der Waals surface area contributed by atoms with Crippen molar-refractivity contribution in [3.8, 4) is 0 Å². The first kappa shape index (κ1) is 15.8. The molecule has 4 nitrogen and oxygen atoms in total. The molecule has 3 aromatic rings. The third kappa shape index (κ3) is 2.30. The van der Waals surface area contributed by atoms with E-state index >= 15 is 0 Å². The second-order valence-corrected chi connectivity index (χ2v) is 6.94. The van der Waals surface area contributed by atoms with E-state index < -0.39 is 11.6 Å². The van der Waals surface area contributed by atoms with Gasteiger partial charge < -0.3 is 9.64 Å². The number of nitrogens with zero attached hydrogens (tertiary/aromatic N) is 1. The maximum atomic E-state index is 13.5. The van der Waals surface area contributed by atoms with Crippen molar-refractivity contribution >= 4 is 17.6 Å². The molecule has 0 aromatic heterocycles. The average Bonchev–Trinajstić information content (AvgIpc) is 2.92. The van der Waals surface area contributed by atoms with Gasteiger partial charge >= 0.3 is 5.97 Å². The normalized spacial score (nSPS) is 20.4. The molecule has 0 aliphatic carbocycles. The van der Waals surface area contributed by atoms with E-state index in [4.69, 9.17) is 4.74 Å². The van der Waals surface area contributed by atoms with E-state index in [1.54, 1.807) is 11.0 Å². The molecule has 1 unspecified atom stereocenters. The molecule has 3 aromatic carbocycles. The van der Waals surface area contributed by atoms with Gasteiger partial charge in [-0.1, -0.05) is 66.7 Å². The number of hydrogen-bond donors (Lipinski definition) is 0. The monoisotopic (exact) mass is 355 g/mol. The molecule has 2 heterocycles. The van der Waals surface area contributed by atoms with Gasteiger partial charge in [-0.15, -0.1) is 0 Å². The van der Waals surface area contributed by atoms with Crippen molar-refractivity contribution in [1.29, 1.82) is 0 Å². The summed E-state index contributed by atoms with van der Waals surface area (Å²) in [6.07, 6.45) is 0.357. The zero-order chi connectivity index (χ0) is 18.4. The summed E-state index contributed by atoms with van der Waals surface area (Å²) in [5.74, 6) is -0.628. The Kier molecular flexibility index (Phi) is 3.41. The lowest BCUT2D eigenvalue weighted by Crippen LogP contribution is -2.47. The second-order valence-electron chi connectivity index (χ2n) is 6.94. The molecule has 2 aliphatic rings. The Morgan fingerprint density at radius 1 is 0.852 bits per heavy atom. The number of benzene rings is 3. The van der Waals surface area contributed by atoms with Crippen LogP contribution in [0.5, 0.6) is 0 Å². The topological polar surface area (TPSA) is 46.6 Å². The van der Waals surface area contributed by atoms with Gasteiger partial charge in [-0.05, 0) is 23.3 Å². The fourth-order valence-electron chi connectivity index (χ4n) is 4.08. The van der Waals surface area contributed by atoms with E-state index in [2.05, 4.69) is 0 Å². The van der Waals surface area contributed by atoms with E-state index in [1.807, 2.05) is 72.8 Å². The highest BCUT2D eigenvalue weighted by Crippen LogP contribution is 2.47. The smallest absolute Gasteiger partial charge is 0.339 e. The first-order chi connectivity index (χ1) is 13.2. The van der Waals surface area contributed by atoms with Crippen LogP contribution in [0.15, 0.2) is 78.9 Å². The van der Waals surface area contributed by atoms with Crippen molar-refractivity contribution in [2.24, 2.45) is 0 Å². The summed E-state index contributed by atoms with van der Waals surface area (Å²) in [6.45, 7) is 0.442. The summed E-state index contributed by atoms with van der Waals surface area (Å²) < 4.78 is 5.84. The van der Waals surface area contributed by atoms with Gasteiger partial charge in [-0.3, -0.25) is 4.79 Å². The third-order valence-electron chi connectivity index (χ3n) is 5.35. The van der Waals surface area contributed by atoms with E-state index in [0.717, 1.165) is 22.4 Å². The van der Waals surface area contributed by atoms with Gasteiger partial charge in [0.05, 0.1) is 17.8 Å². The summed E-state index contributed by atoms with van der Waals surface area (Å²) in [5, 5.41) is 0. The Balaban J connectivity index is 1.62. The number of carbonyl (C=O) groups is 2. The van der Waals surface area contributed by atoms with Crippen LogP contribution in [0.25, 0.3) is 0 Å². The van der Waals surface area contributed by atoms with Crippen molar-refractivity contribution < 1.29 is 14.3 Å². The largest absolute Gasteiger partial charge is 0.440 e. The highest BCUT2D eigenvalue weighted by molar-refractivity contribution is 6.10. The summed E-state index contributed by atoms with van der Waals surface area (Å²) in [6, 6.07) is 24.8. The van der Waals surface area contributed by atoms with Crippen LogP contribution in [0.1, 0.15) is 27.0 Å². The SMILES string of the molecule is O=C1OC2(Cc3ccccc31)C(=O)N(Cc1ccccc1)c1ccccc12. The number of esters is 1. The number of amides is 1. The summed E-state index contributed by atoms with van der Waals surface area (Å²) >= 11 is 0. The number of para-hydroxylation sites is 1. The molecule has 5 rings (SSSR count). The van der Waals surface area contributed by atoms with Crippen molar-refractivity contribution in [3.63, 3.8) is 0 Å². The van der Waals surface area contributed by atoms with Crippen molar-refractivity contribution in [3.05, 3.63) is 101 Å². The number of fused-ring (bicyclic) bond motifs is 3. The molecule has 1 atom stereocenters. The van der Waals surface area contributed by atoms with E-state index in [0.29, 0.717) is 18.5 Å². The maximum absolute atomic E-state index is 13.5.